The van der Waals surface area contributed by atoms with Crippen LogP contribution in [0.15, 0.2) is 17.0 Å². The summed E-state index contributed by atoms with van der Waals surface area (Å²) < 4.78 is 12.8. The van der Waals surface area contributed by atoms with E-state index in [2.05, 4.69) is 12.6 Å². The lowest BCUT2D eigenvalue weighted by Crippen LogP contribution is -2.02. The fraction of sp³-hybridized carbons (Fsp3) is 0.222. The third-order valence-corrected chi connectivity index (χ3v) is 2.33. The van der Waals surface area contributed by atoms with Crippen molar-refractivity contribution in [2.45, 2.75) is 18.2 Å². The smallest absolute Gasteiger partial charge is 0.307 e. The Bertz CT molecular complexity index is 350. The van der Waals surface area contributed by atoms with Crippen molar-refractivity contribution in [1.82, 2.24) is 0 Å². The predicted octanol–water partition coefficient (Wildman–Crippen LogP) is 2.05. The Balaban J connectivity index is 3.12. The van der Waals surface area contributed by atoms with E-state index in [9.17, 15) is 9.18 Å². The lowest BCUT2D eigenvalue weighted by Gasteiger charge is -2.05. The van der Waals surface area contributed by atoms with Crippen LogP contribution in [0, 0.1) is 12.7 Å². The average molecular weight is 200 g/mol. The summed E-state index contributed by atoms with van der Waals surface area (Å²) in [6, 6.07) is 2.52. The molecule has 1 aromatic rings. The van der Waals surface area contributed by atoms with Crippen molar-refractivity contribution in [2.24, 2.45) is 0 Å². The normalized spacial score (nSPS) is 10.1. The highest BCUT2D eigenvalue weighted by atomic mass is 32.1. The zero-order valence-corrected chi connectivity index (χ0v) is 7.94. The van der Waals surface area contributed by atoms with Gasteiger partial charge in [-0.25, -0.2) is 4.39 Å². The van der Waals surface area contributed by atoms with Crippen LogP contribution in [-0.2, 0) is 11.2 Å². The summed E-state index contributed by atoms with van der Waals surface area (Å²) in [6.07, 6.45) is -0.197. The fourth-order valence-corrected chi connectivity index (χ4v) is 1.31. The number of rotatable bonds is 2. The summed E-state index contributed by atoms with van der Waals surface area (Å²) in [5.74, 6) is -1.41. The molecule has 13 heavy (non-hydrogen) atoms. The Morgan fingerprint density at radius 1 is 1.62 bits per heavy atom. The van der Waals surface area contributed by atoms with Crippen molar-refractivity contribution >= 4 is 18.6 Å². The van der Waals surface area contributed by atoms with E-state index in [4.69, 9.17) is 5.11 Å². The summed E-state index contributed by atoms with van der Waals surface area (Å²) in [4.78, 5) is 10.9. The van der Waals surface area contributed by atoms with Crippen LogP contribution in [-0.4, -0.2) is 11.1 Å². The molecule has 0 spiro atoms. The largest absolute Gasteiger partial charge is 0.481 e. The summed E-state index contributed by atoms with van der Waals surface area (Å²) in [7, 11) is 0. The molecule has 4 heteroatoms. The quantitative estimate of drug-likeness (QED) is 0.717. The second kappa shape index (κ2) is 3.79. The highest BCUT2D eigenvalue weighted by Crippen LogP contribution is 2.20. The molecular weight excluding hydrogens is 191 g/mol. The van der Waals surface area contributed by atoms with Crippen molar-refractivity contribution in [3.63, 3.8) is 0 Å². The fourth-order valence-electron chi connectivity index (χ4n) is 1.10. The van der Waals surface area contributed by atoms with Gasteiger partial charge in [0.05, 0.1) is 6.42 Å². The van der Waals surface area contributed by atoms with E-state index >= 15 is 0 Å². The molecular formula is C9H9FO2S. The van der Waals surface area contributed by atoms with Gasteiger partial charge in [-0.05, 0) is 30.2 Å². The minimum atomic E-state index is -0.986. The van der Waals surface area contributed by atoms with Gasteiger partial charge in [-0.15, -0.1) is 12.6 Å². The lowest BCUT2D eigenvalue weighted by molar-refractivity contribution is -0.136. The molecule has 0 unspecified atom stereocenters. The van der Waals surface area contributed by atoms with Crippen LogP contribution >= 0.6 is 12.6 Å². The first-order valence-electron chi connectivity index (χ1n) is 3.70. The van der Waals surface area contributed by atoms with Gasteiger partial charge in [0.25, 0.3) is 0 Å². The van der Waals surface area contributed by atoms with E-state index in [1.54, 1.807) is 6.92 Å². The summed E-state index contributed by atoms with van der Waals surface area (Å²) in [5, 5.41) is 8.52. The van der Waals surface area contributed by atoms with Gasteiger partial charge in [-0.2, -0.15) is 0 Å². The Labute approximate surface area is 80.8 Å². The molecule has 2 nitrogen and oxygen atoms in total. The number of aliphatic carboxylic acids is 1. The lowest BCUT2D eigenvalue weighted by atomic mass is 10.1. The number of thiol groups is 1. The number of hydrogen-bond donors (Lipinski definition) is 2. The number of carboxylic acid groups (broad SMARTS) is 1. The number of aryl methyl sites for hydroxylation is 1. The molecule has 1 N–H and O–H groups in total. The number of carbonyl (C=O) groups is 1. The monoisotopic (exact) mass is 200 g/mol. The van der Waals surface area contributed by atoms with Gasteiger partial charge in [0.2, 0.25) is 0 Å². The van der Waals surface area contributed by atoms with E-state index in [-0.39, 0.29) is 6.42 Å². The van der Waals surface area contributed by atoms with E-state index in [0.29, 0.717) is 16.0 Å². The number of halogens is 1. The summed E-state index contributed by atoms with van der Waals surface area (Å²) in [5.41, 5.74) is 1.06. The van der Waals surface area contributed by atoms with Crippen molar-refractivity contribution in [2.75, 3.05) is 0 Å². The molecule has 0 fully saturated rings. The van der Waals surface area contributed by atoms with Gasteiger partial charge in [0.15, 0.2) is 0 Å². The Morgan fingerprint density at radius 2 is 2.23 bits per heavy atom. The van der Waals surface area contributed by atoms with Crippen LogP contribution in [0.3, 0.4) is 0 Å². The van der Waals surface area contributed by atoms with Gasteiger partial charge in [-0.1, -0.05) is 0 Å². The first-order valence-corrected chi connectivity index (χ1v) is 4.15. The molecule has 0 aliphatic heterocycles. The van der Waals surface area contributed by atoms with E-state index in [1.807, 2.05) is 0 Å². The molecule has 0 saturated carbocycles. The minimum Gasteiger partial charge on any atom is -0.481 e. The van der Waals surface area contributed by atoms with Gasteiger partial charge in [-0.3, -0.25) is 4.79 Å². The SMILES string of the molecule is Cc1cc(F)cc(CC(=O)O)c1S. The maximum atomic E-state index is 12.8. The second-order valence-electron chi connectivity index (χ2n) is 2.80. The third-order valence-electron chi connectivity index (χ3n) is 1.69. The zero-order chi connectivity index (χ0) is 10.0. The molecule has 0 atom stereocenters. The van der Waals surface area contributed by atoms with Crippen molar-refractivity contribution in [3.05, 3.63) is 29.1 Å². The predicted molar refractivity (Wildman–Crippen MR) is 49.7 cm³/mol. The minimum absolute atomic E-state index is 0.197. The van der Waals surface area contributed by atoms with Crippen LogP contribution in [0.4, 0.5) is 4.39 Å². The molecule has 0 saturated heterocycles. The number of carboxylic acids is 1. The maximum absolute atomic E-state index is 12.8. The molecule has 0 aromatic heterocycles. The topological polar surface area (TPSA) is 37.3 Å². The van der Waals surface area contributed by atoms with Gasteiger partial charge in [0.1, 0.15) is 5.82 Å². The Kier molecular flexibility index (Phi) is 2.93. The Hall–Kier alpha value is -1.03. The van der Waals surface area contributed by atoms with Crippen LogP contribution < -0.4 is 0 Å². The molecule has 70 valence electrons. The zero-order valence-electron chi connectivity index (χ0n) is 7.04. The summed E-state index contributed by atoms with van der Waals surface area (Å²) >= 11 is 4.10. The molecule has 0 aliphatic carbocycles. The maximum Gasteiger partial charge on any atom is 0.307 e. The van der Waals surface area contributed by atoms with Crippen molar-refractivity contribution in [1.29, 1.82) is 0 Å². The Morgan fingerprint density at radius 3 is 2.77 bits per heavy atom. The van der Waals surface area contributed by atoms with E-state index in [1.165, 1.54) is 12.1 Å². The molecule has 1 aromatic carbocycles. The summed E-state index contributed by atoms with van der Waals surface area (Å²) in [6.45, 7) is 1.69. The van der Waals surface area contributed by atoms with Crippen molar-refractivity contribution in [3.8, 4) is 0 Å². The van der Waals surface area contributed by atoms with Crippen LogP contribution in [0.25, 0.3) is 0 Å². The highest BCUT2D eigenvalue weighted by molar-refractivity contribution is 7.80. The van der Waals surface area contributed by atoms with Crippen LogP contribution in [0.5, 0.6) is 0 Å². The highest BCUT2D eigenvalue weighted by Gasteiger charge is 2.08. The number of benzene rings is 1. The average Bonchev–Trinajstić information content (AvgIpc) is 1.98. The molecule has 0 heterocycles. The van der Waals surface area contributed by atoms with Crippen LogP contribution in [0.1, 0.15) is 11.1 Å². The third kappa shape index (κ3) is 2.45. The van der Waals surface area contributed by atoms with E-state index < -0.39 is 11.8 Å². The molecule has 0 amide bonds. The molecule has 0 aliphatic rings. The van der Waals surface area contributed by atoms with E-state index in [0.717, 1.165) is 0 Å². The standard InChI is InChI=1S/C9H9FO2S/c1-5-2-7(10)3-6(9(5)13)4-8(11)12/h2-3,13H,4H2,1H3,(H,11,12). The first kappa shape index (κ1) is 10.1. The second-order valence-corrected chi connectivity index (χ2v) is 3.25. The van der Waals surface area contributed by atoms with Crippen molar-refractivity contribution < 1.29 is 14.3 Å². The van der Waals surface area contributed by atoms with Gasteiger partial charge >= 0.3 is 5.97 Å². The van der Waals surface area contributed by atoms with Crippen LogP contribution in [0.2, 0.25) is 0 Å². The van der Waals surface area contributed by atoms with Gasteiger partial charge in [0, 0.05) is 4.90 Å². The molecule has 1 rings (SSSR count). The molecule has 0 bridgehead atoms. The first-order chi connectivity index (χ1) is 6.00. The number of hydrogen-bond acceptors (Lipinski definition) is 2. The molecule has 0 radical (unpaired) electrons. The van der Waals surface area contributed by atoms with Gasteiger partial charge < -0.3 is 5.11 Å².